The van der Waals surface area contributed by atoms with Crippen molar-refractivity contribution >= 4 is 17.9 Å². The van der Waals surface area contributed by atoms with Crippen molar-refractivity contribution in [3.8, 4) is 0 Å². The van der Waals surface area contributed by atoms with E-state index in [-0.39, 0.29) is 5.41 Å². The van der Waals surface area contributed by atoms with Crippen molar-refractivity contribution in [1.29, 1.82) is 0 Å². The smallest absolute Gasteiger partial charge is 0.338 e. The van der Waals surface area contributed by atoms with Gasteiger partial charge >= 0.3 is 17.9 Å². The molecule has 0 unspecified atom stereocenters. The van der Waals surface area contributed by atoms with Crippen LogP contribution in [0.2, 0.25) is 0 Å². The lowest BCUT2D eigenvalue weighted by Gasteiger charge is -2.34. The van der Waals surface area contributed by atoms with Gasteiger partial charge in [-0.1, -0.05) is 13.8 Å². The first-order valence-electron chi connectivity index (χ1n) is 9.55. The van der Waals surface area contributed by atoms with Gasteiger partial charge in [0.1, 0.15) is 12.2 Å². The Morgan fingerprint density at radius 1 is 1.25 bits per heavy atom. The summed E-state index contributed by atoms with van der Waals surface area (Å²) < 4.78 is 21.9. The van der Waals surface area contributed by atoms with Crippen molar-refractivity contribution in [1.82, 2.24) is 0 Å². The molecule has 0 N–H and O–H groups in total. The van der Waals surface area contributed by atoms with Crippen LogP contribution in [0.4, 0.5) is 0 Å². The highest BCUT2D eigenvalue weighted by Gasteiger charge is 2.58. The molecule has 7 heteroatoms. The molecule has 2 aliphatic carbocycles. The van der Waals surface area contributed by atoms with Gasteiger partial charge in [-0.15, -0.1) is 0 Å². The molecule has 4 aliphatic rings. The Balaban J connectivity index is 1.67. The number of hydrogen-bond donors (Lipinski definition) is 0. The lowest BCUT2D eigenvalue weighted by Crippen LogP contribution is -2.29. The van der Waals surface area contributed by atoms with Crippen LogP contribution < -0.4 is 0 Å². The van der Waals surface area contributed by atoms with E-state index in [0.717, 1.165) is 30.4 Å². The van der Waals surface area contributed by atoms with Crippen LogP contribution in [0.1, 0.15) is 47.0 Å². The molecular weight excluding hydrogens is 364 g/mol. The largest absolute Gasteiger partial charge is 0.458 e. The number of hydrogen-bond acceptors (Lipinski definition) is 7. The standard InChI is InChI=1S/C21H24O7/c1-10-8-14(27-19(10)23)25-9-13-15-17(26-11(2)22)12-6-5-7-21(3,4)16(12)18(15)28-20(13)24/h8-9,14-15,17-18H,5-7H2,1-4H3/b13-9+/t14-,15-,17+,18-/m1/s1. The highest BCUT2D eigenvalue weighted by Crippen LogP contribution is 2.55. The second-order valence-electron chi connectivity index (χ2n) is 8.39. The highest BCUT2D eigenvalue weighted by atomic mass is 16.7. The summed E-state index contributed by atoms with van der Waals surface area (Å²) in [6, 6.07) is 0. The summed E-state index contributed by atoms with van der Waals surface area (Å²) in [4.78, 5) is 35.8. The van der Waals surface area contributed by atoms with Gasteiger partial charge in [0.2, 0.25) is 0 Å². The van der Waals surface area contributed by atoms with Gasteiger partial charge in [0.15, 0.2) is 0 Å². The summed E-state index contributed by atoms with van der Waals surface area (Å²) in [5.41, 5.74) is 2.74. The molecule has 2 heterocycles. The minimum absolute atomic E-state index is 0.136. The molecule has 0 saturated carbocycles. The number of fused-ring (bicyclic) bond motifs is 2. The van der Waals surface area contributed by atoms with E-state index in [1.54, 1.807) is 13.0 Å². The number of cyclic esters (lactones) is 1. The topological polar surface area (TPSA) is 88.1 Å². The summed E-state index contributed by atoms with van der Waals surface area (Å²) in [6.07, 6.45) is 3.76. The van der Waals surface area contributed by atoms with Gasteiger partial charge in [-0.25, -0.2) is 9.59 Å². The van der Waals surface area contributed by atoms with Gasteiger partial charge in [-0.2, -0.15) is 0 Å². The zero-order valence-electron chi connectivity index (χ0n) is 16.4. The maximum absolute atomic E-state index is 12.6. The molecule has 150 valence electrons. The maximum Gasteiger partial charge on any atom is 0.338 e. The normalized spacial score (nSPS) is 34.6. The number of carbonyl (C=O) groups excluding carboxylic acids is 3. The zero-order chi connectivity index (χ0) is 20.2. The van der Waals surface area contributed by atoms with Crippen LogP contribution in [0.3, 0.4) is 0 Å². The molecule has 1 saturated heterocycles. The number of esters is 3. The molecule has 0 aromatic carbocycles. The number of ether oxygens (including phenoxy) is 4. The van der Waals surface area contributed by atoms with Crippen molar-refractivity contribution in [3.05, 3.63) is 34.6 Å². The number of carbonyl (C=O) groups is 3. The Morgan fingerprint density at radius 3 is 2.64 bits per heavy atom. The fraction of sp³-hybridized carbons (Fsp3) is 0.571. The van der Waals surface area contributed by atoms with Crippen LogP contribution in [0, 0.1) is 11.3 Å². The van der Waals surface area contributed by atoms with Gasteiger partial charge < -0.3 is 18.9 Å². The third-order valence-corrected chi connectivity index (χ3v) is 5.99. The molecule has 4 atom stereocenters. The van der Waals surface area contributed by atoms with Crippen LogP contribution in [0.25, 0.3) is 0 Å². The first kappa shape index (κ1) is 18.8. The molecule has 0 bridgehead atoms. The Labute approximate surface area is 163 Å². The van der Waals surface area contributed by atoms with E-state index in [9.17, 15) is 14.4 Å². The van der Waals surface area contributed by atoms with Crippen molar-refractivity contribution in [2.24, 2.45) is 11.3 Å². The molecule has 1 fully saturated rings. The summed E-state index contributed by atoms with van der Waals surface area (Å²) in [7, 11) is 0. The third kappa shape index (κ3) is 2.93. The molecule has 0 aromatic rings. The van der Waals surface area contributed by atoms with E-state index in [0.29, 0.717) is 11.1 Å². The molecule has 0 amide bonds. The van der Waals surface area contributed by atoms with Crippen LogP contribution in [0.5, 0.6) is 0 Å². The second kappa shape index (κ2) is 6.50. The first-order chi connectivity index (χ1) is 13.2. The van der Waals surface area contributed by atoms with Crippen molar-refractivity contribution in [3.63, 3.8) is 0 Å². The third-order valence-electron chi connectivity index (χ3n) is 5.99. The average Bonchev–Trinajstić information content (AvgIpc) is 3.18. The Hall–Kier alpha value is -2.57. The lowest BCUT2D eigenvalue weighted by molar-refractivity contribution is -0.152. The quantitative estimate of drug-likeness (QED) is 0.241. The van der Waals surface area contributed by atoms with Gasteiger partial charge in [-0.05, 0) is 42.7 Å². The summed E-state index contributed by atoms with van der Waals surface area (Å²) in [5.74, 6) is -1.79. The summed E-state index contributed by atoms with van der Waals surface area (Å²) >= 11 is 0. The van der Waals surface area contributed by atoms with Gasteiger partial charge in [0.05, 0.1) is 17.8 Å². The van der Waals surface area contributed by atoms with Crippen LogP contribution in [0.15, 0.2) is 34.6 Å². The Bertz CT molecular complexity index is 845. The second-order valence-corrected chi connectivity index (χ2v) is 8.39. The van der Waals surface area contributed by atoms with E-state index >= 15 is 0 Å². The predicted octanol–water partition coefficient (Wildman–Crippen LogP) is 2.71. The molecule has 28 heavy (non-hydrogen) atoms. The summed E-state index contributed by atoms with van der Waals surface area (Å²) in [5, 5.41) is 0. The fourth-order valence-corrected chi connectivity index (χ4v) is 4.78. The van der Waals surface area contributed by atoms with Crippen molar-refractivity contribution < 1.29 is 33.3 Å². The van der Waals surface area contributed by atoms with Gasteiger partial charge in [0.25, 0.3) is 6.29 Å². The minimum atomic E-state index is -0.876. The molecule has 4 rings (SSSR count). The van der Waals surface area contributed by atoms with Gasteiger partial charge in [-0.3, -0.25) is 4.79 Å². The van der Waals surface area contributed by atoms with Crippen molar-refractivity contribution in [2.45, 2.75) is 65.5 Å². The van der Waals surface area contributed by atoms with E-state index in [2.05, 4.69) is 13.8 Å². The van der Waals surface area contributed by atoms with E-state index in [1.807, 2.05) is 0 Å². The predicted molar refractivity (Wildman–Crippen MR) is 96.4 cm³/mol. The average molecular weight is 388 g/mol. The van der Waals surface area contributed by atoms with Gasteiger partial charge in [0, 0.05) is 18.6 Å². The number of rotatable bonds is 3. The maximum atomic E-state index is 12.6. The molecule has 0 aromatic heterocycles. The van der Waals surface area contributed by atoms with E-state index in [1.165, 1.54) is 13.2 Å². The molecule has 0 radical (unpaired) electrons. The van der Waals surface area contributed by atoms with E-state index in [4.69, 9.17) is 18.9 Å². The lowest BCUT2D eigenvalue weighted by atomic mass is 9.72. The van der Waals surface area contributed by atoms with Crippen molar-refractivity contribution in [2.75, 3.05) is 0 Å². The Morgan fingerprint density at radius 2 is 2.00 bits per heavy atom. The zero-order valence-corrected chi connectivity index (χ0v) is 16.4. The highest BCUT2D eigenvalue weighted by molar-refractivity contribution is 5.93. The molecule has 7 nitrogen and oxygen atoms in total. The first-order valence-corrected chi connectivity index (χ1v) is 9.55. The van der Waals surface area contributed by atoms with Crippen LogP contribution in [-0.2, 0) is 33.3 Å². The Kier molecular flexibility index (Phi) is 4.36. The minimum Gasteiger partial charge on any atom is -0.458 e. The molecular formula is C21H24O7. The summed E-state index contributed by atoms with van der Waals surface area (Å²) in [6.45, 7) is 7.26. The molecule has 2 aliphatic heterocycles. The SMILES string of the molecule is CC(=O)O[C@H]1C2=C([C@@H]3OC(=O)/C(=C/O[C@H]4C=C(C)C(=O)O4)[C@H]13)C(C)(C)CCC2. The monoisotopic (exact) mass is 388 g/mol. The van der Waals surface area contributed by atoms with Crippen LogP contribution >= 0.6 is 0 Å². The van der Waals surface area contributed by atoms with E-state index < -0.39 is 42.3 Å². The molecule has 0 spiro atoms. The van der Waals surface area contributed by atoms with Crippen LogP contribution in [-0.4, -0.2) is 36.4 Å². The fourth-order valence-electron chi connectivity index (χ4n) is 4.78.